The van der Waals surface area contributed by atoms with E-state index in [2.05, 4.69) is 64.1 Å². The van der Waals surface area contributed by atoms with Crippen LogP contribution in [-0.4, -0.2) is 22.5 Å². The van der Waals surface area contributed by atoms with Crippen molar-refractivity contribution in [3.63, 3.8) is 0 Å². The molecule has 0 saturated carbocycles. The second kappa shape index (κ2) is 28.0. The number of carboxylic acids is 1. The van der Waals surface area contributed by atoms with E-state index in [0.29, 0.717) is 12.3 Å². The molecule has 1 unspecified atom stereocenters. The lowest BCUT2D eigenvalue weighted by atomic mass is 9.97. The number of carbonyl (C=O) groups is 1. The Morgan fingerprint density at radius 1 is 0.641 bits per heavy atom. The van der Waals surface area contributed by atoms with E-state index in [1.54, 1.807) is 11.1 Å². The minimum absolute atomic E-state index is 0.306. The van der Waals surface area contributed by atoms with Gasteiger partial charge in [0.1, 0.15) is 0 Å². The van der Waals surface area contributed by atoms with Gasteiger partial charge in [-0.2, -0.15) is 0 Å². The summed E-state index contributed by atoms with van der Waals surface area (Å²) in [6.07, 6.45) is 36.0. The molecule has 0 aromatic rings. The zero-order valence-electron chi connectivity index (χ0n) is 27.0. The van der Waals surface area contributed by atoms with Crippen molar-refractivity contribution in [1.29, 1.82) is 0 Å². The first-order valence-corrected chi connectivity index (χ1v) is 17.0. The molecule has 0 rings (SSSR count). The molecule has 0 aromatic carbocycles. The number of hydrogen-bond acceptors (Lipinski definition) is 2. The lowest BCUT2D eigenvalue weighted by molar-refractivity contribution is -0.137. The molecule has 1 atom stereocenters. The first-order chi connectivity index (χ1) is 19.0. The Balaban J connectivity index is 5.46. The van der Waals surface area contributed by atoms with E-state index < -0.39 is 5.97 Å². The molecule has 39 heavy (non-hydrogen) atoms. The fourth-order valence-corrected chi connectivity index (χ4v) is 5.17. The maximum Gasteiger partial charge on any atom is 0.303 e. The number of aliphatic carboxylic acids is 1. The third-order valence-electron chi connectivity index (χ3n) is 7.85. The zero-order chi connectivity index (χ0) is 29.0. The largest absolute Gasteiger partial charge is 0.481 e. The summed E-state index contributed by atoms with van der Waals surface area (Å²) >= 11 is 0. The van der Waals surface area contributed by atoms with Crippen LogP contribution in [0.2, 0.25) is 0 Å². The predicted molar refractivity (Wildman–Crippen MR) is 173 cm³/mol. The lowest BCUT2D eigenvalue weighted by Gasteiger charge is -2.25. The van der Waals surface area contributed by atoms with Crippen molar-refractivity contribution in [1.82, 2.24) is 4.90 Å². The minimum atomic E-state index is -0.666. The minimum Gasteiger partial charge on any atom is -0.481 e. The van der Waals surface area contributed by atoms with E-state index in [4.69, 9.17) is 5.11 Å². The van der Waals surface area contributed by atoms with Gasteiger partial charge in [-0.1, -0.05) is 129 Å². The van der Waals surface area contributed by atoms with Gasteiger partial charge in [-0.15, -0.1) is 0 Å². The highest BCUT2D eigenvalue weighted by Crippen LogP contribution is 2.21. The van der Waals surface area contributed by atoms with Gasteiger partial charge in [-0.25, -0.2) is 0 Å². The highest BCUT2D eigenvalue weighted by Gasteiger charge is 2.11. The van der Waals surface area contributed by atoms with Crippen LogP contribution in [-0.2, 0) is 4.79 Å². The first kappa shape index (κ1) is 37.5. The van der Waals surface area contributed by atoms with Crippen molar-refractivity contribution in [2.45, 2.75) is 176 Å². The molecule has 228 valence electrons. The van der Waals surface area contributed by atoms with E-state index in [9.17, 15) is 4.79 Å². The Labute approximate surface area is 244 Å². The van der Waals surface area contributed by atoms with Crippen molar-refractivity contribution in [2.24, 2.45) is 5.92 Å². The smallest absolute Gasteiger partial charge is 0.303 e. The van der Waals surface area contributed by atoms with E-state index in [0.717, 1.165) is 38.6 Å². The second-order valence-corrected chi connectivity index (χ2v) is 11.6. The van der Waals surface area contributed by atoms with Crippen LogP contribution in [0.4, 0.5) is 0 Å². The molecule has 0 radical (unpaired) electrons. The summed E-state index contributed by atoms with van der Waals surface area (Å²) in [5, 5.41) is 8.94. The molecular weight excluding hydrogens is 478 g/mol. The summed E-state index contributed by atoms with van der Waals surface area (Å²) in [4.78, 5) is 13.4. The van der Waals surface area contributed by atoms with E-state index in [1.165, 1.54) is 103 Å². The van der Waals surface area contributed by atoms with Crippen LogP contribution in [0.1, 0.15) is 176 Å². The molecule has 1 N–H and O–H groups in total. The maximum absolute atomic E-state index is 10.9. The van der Waals surface area contributed by atoms with E-state index in [1.807, 2.05) is 0 Å². The van der Waals surface area contributed by atoms with Gasteiger partial charge < -0.3 is 10.0 Å². The average molecular weight is 546 g/mol. The number of nitrogens with zero attached hydrogens (tertiary/aromatic N) is 1. The Morgan fingerprint density at radius 2 is 1.15 bits per heavy atom. The monoisotopic (exact) mass is 546 g/mol. The Hall–Kier alpha value is -1.51. The third kappa shape index (κ3) is 24.0. The van der Waals surface area contributed by atoms with E-state index in [-0.39, 0.29) is 0 Å². The maximum atomic E-state index is 10.9. The average Bonchev–Trinajstić information content (AvgIpc) is 2.93. The normalized spacial score (nSPS) is 13.4. The highest BCUT2D eigenvalue weighted by molar-refractivity contribution is 5.66. The highest BCUT2D eigenvalue weighted by atomic mass is 16.4. The summed E-state index contributed by atoms with van der Waals surface area (Å²) in [7, 11) is 0. The van der Waals surface area contributed by atoms with Crippen molar-refractivity contribution >= 4 is 5.97 Å². The van der Waals surface area contributed by atoms with Crippen LogP contribution in [0.5, 0.6) is 0 Å². The summed E-state index contributed by atoms with van der Waals surface area (Å²) < 4.78 is 0. The Morgan fingerprint density at radius 3 is 1.77 bits per heavy atom. The van der Waals surface area contributed by atoms with Crippen molar-refractivity contribution in [3.05, 3.63) is 35.7 Å². The Kier molecular flexibility index (Phi) is 26.9. The molecule has 0 heterocycles. The second-order valence-electron chi connectivity index (χ2n) is 11.6. The summed E-state index contributed by atoms with van der Waals surface area (Å²) in [5.74, 6) is -0.129. The summed E-state index contributed by atoms with van der Waals surface area (Å²) in [6.45, 7) is 12.5. The van der Waals surface area contributed by atoms with Crippen LogP contribution in [0.3, 0.4) is 0 Å². The van der Waals surface area contributed by atoms with Gasteiger partial charge in [0.25, 0.3) is 0 Å². The van der Waals surface area contributed by atoms with Crippen molar-refractivity contribution in [2.75, 3.05) is 6.54 Å². The van der Waals surface area contributed by atoms with Gasteiger partial charge in [-0.05, 0) is 70.1 Å². The van der Waals surface area contributed by atoms with Gasteiger partial charge in [0.15, 0.2) is 0 Å². The first-order valence-electron chi connectivity index (χ1n) is 17.0. The van der Waals surface area contributed by atoms with Crippen LogP contribution in [0, 0.1) is 5.92 Å². The number of rotatable bonds is 28. The molecule has 0 fully saturated rings. The van der Waals surface area contributed by atoms with Gasteiger partial charge in [-0.3, -0.25) is 4.79 Å². The van der Waals surface area contributed by atoms with Crippen LogP contribution < -0.4 is 0 Å². The molecular formula is C36H67NO2. The molecule has 0 aliphatic rings. The fourth-order valence-electron chi connectivity index (χ4n) is 5.17. The Bertz CT molecular complexity index is 648. The molecule has 0 amide bonds. The molecule has 0 spiro atoms. The molecule has 0 bridgehead atoms. The summed E-state index contributed by atoms with van der Waals surface area (Å²) in [5.41, 5.74) is 3.15. The molecule has 0 saturated heterocycles. The van der Waals surface area contributed by atoms with Crippen LogP contribution in [0.25, 0.3) is 0 Å². The summed E-state index contributed by atoms with van der Waals surface area (Å²) in [6, 6.07) is 0. The molecule has 3 nitrogen and oxygen atoms in total. The van der Waals surface area contributed by atoms with E-state index >= 15 is 0 Å². The number of unbranched alkanes of at least 4 members (excludes halogenated alkanes) is 12. The third-order valence-corrected chi connectivity index (χ3v) is 7.85. The quantitative estimate of drug-likeness (QED) is 0.0785. The standard InChI is InChI=1S/C36H67NO2/c1-6-11-14-15-16-17-18-22-27-35(28-23-19-20-24-29-36(38)39)32-37(30-33(9-4)25-13-8-3)31-34(10-5)26-21-12-7-2/h22,27,30-31,35H,6-21,23-26,28-29,32H2,1-5H3,(H,38,39)/b27-22-,33-30-,34-31-. The lowest BCUT2D eigenvalue weighted by Crippen LogP contribution is -2.20. The van der Waals surface area contributed by atoms with Gasteiger partial charge in [0.05, 0.1) is 0 Å². The SMILES string of the molecule is CCCCCCCC/C=C\C(CCCCCCC(=O)O)CN(/C=C(/CC)CCCC)/C=C(/CC)CCCCC. The molecule has 3 heteroatoms. The number of carboxylic acid groups (broad SMARTS) is 1. The van der Waals surface area contributed by atoms with Gasteiger partial charge in [0, 0.05) is 25.4 Å². The van der Waals surface area contributed by atoms with Crippen LogP contribution in [0.15, 0.2) is 35.7 Å². The van der Waals surface area contributed by atoms with Crippen LogP contribution >= 0.6 is 0 Å². The zero-order valence-corrected chi connectivity index (χ0v) is 27.0. The van der Waals surface area contributed by atoms with Gasteiger partial charge >= 0.3 is 5.97 Å². The molecule has 0 aliphatic heterocycles. The number of allylic oxidation sites excluding steroid dienone is 3. The molecule has 0 aromatic heterocycles. The van der Waals surface area contributed by atoms with Crippen molar-refractivity contribution < 1.29 is 9.90 Å². The topological polar surface area (TPSA) is 40.5 Å². The van der Waals surface area contributed by atoms with Gasteiger partial charge in [0.2, 0.25) is 0 Å². The predicted octanol–water partition coefficient (Wildman–Crippen LogP) is 12.0. The fraction of sp³-hybridized carbons (Fsp3) is 0.806. The molecule has 0 aliphatic carbocycles. The number of hydrogen-bond donors (Lipinski definition) is 1. The van der Waals surface area contributed by atoms with Crippen molar-refractivity contribution in [3.8, 4) is 0 Å².